The largest absolute Gasteiger partial charge is 0.485 e. The monoisotopic (exact) mass is 1110 g/mol. The zero-order chi connectivity index (χ0) is 57.8. The van der Waals surface area contributed by atoms with Crippen LogP contribution in [0.25, 0.3) is 0 Å². The second kappa shape index (κ2) is 45.4. The summed E-state index contributed by atoms with van der Waals surface area (Å²) in [6.45, 7) is 7.75. The van der Waals surface area contributed by atoms with Crippen molar-refractivity contribution in [2.75, 3.05) is 32.8 Å². The molecule has 1 heterocycles. The number of unbranched alkanes of at least 4 members (excludes halogenated alkanes) is 17. The zero-order valence-corrected chi connectivity index (χ0v) is 48.3. The molecule has 1 aliphatic heterocycles. The van der Waals surface area contributed by atoms with Crippen LogP contribution in [0.4, 0.5) is 0 Å². The summed E-state index contributed by atoms with van der Waals surface area (Å²) in [6, 6.07) is -7.12. The fraction of sp³-hybridized carbons (Fsp3) is 0.839. The van der Waals surface area contributed by atoms with E-state index < -0.39 is 103 Å². The first-order chi connectivity index (χ1) is 37.6. The average Bonchev–Trinajstić information content (AvgIpc) is 3.42. The molecule has 448 valence electrons. The number of rotatable bonds is 42. The lowest BCUT2D eigenvalue weighted by Gasteiger charge is -2.26. The number of esters is 2. The van der Waals surface area contributed by atoms with Gasteiger partial charge >= 0.3 is 17.9 Å². The molecule has 22 nitrogen and oxygen atoms in total. The van der Waals surface area contributed by atoms with Gasteiger partial charge in [0.15, 0.2) is 5.96 Å². The molecule has 1 saturated heterocycles. The highest BCUT2D eigenvalue weighted by molar-refractivity contribution is 5.98. The Bertz CT molecular complexity index is 1800. The van der Waals surface area contributed by atoms with E-state index in [-0.39, 0.29) is 51.2 Å². The molecule has 7 atom stereocenters. The number of nitrogens with two attached hydrogens (primary N) is 4. The first kappa shape index (κ1) is 70.5. The SMILES string of the molecule is CCCCCCCCC(CCCCCC)C(=O)OC[C@@H]1NC(=O)[C@H](CCCNC(N)=[N+]=O)NC(=O)[C@H](COC(=O)C(CCCCCC)CCCCCCCC)NC(=O)[C@H](CCCCN)NC(=O)[C@H](CCCN=C(N)N)NC1=O. The fourth-order valence-electron chi connectivity index (χ4n) is 9.39. The summed E-state index contributed by atoms with van der Waals surface area (Å²) in [4.78, 5) is 118. The van der Waals surface area contributed by atoms with Crippen LogP contribution < -0.4 is 59.7 Å². The molecule has 1 rings (SSSR count). The third-order valence-corrected chi connectivity index (χ3v) is 14.2. The van der Waals surface area contributed by atoms with Gasteiger partial charge in [-0.3, -0.25) is 49.6 Å². The highest BCUT2D eigenvalue weighted by atomic mass is 16.5. The molecule has 78 heavy (non-hydrogen) atoms. The number of guanidine groups is 2. The molecule has 2 unspecified atom stereocenters. The third kappa shape index (κ3) is 33.1. The predicted molar refractivity (Wildman–Crippen MR) is 307 cm³/mol. The molecule has 0 spiro atoms. The number of amides is 5. The van der Waals surface area contributed by atoms with E-state index >= 15 is 0 Å². The van der Waals surface area contributed by atoms with Crippen LogP contribution in [0.3, 0.4) is 0 Å². The predicted octanol–water partition coefficient (Wildman–Crippen LogP) is 4.89. The summed E-state index contributed by atoms with van der Waals surface area (Å²) in [7, 11) is 0. The van der Waals surface area contributed by atoms with E-state index in [2.05, 4.69) is 69.4 Å². The first-order valence-electron chi connectivity index (χ1n) is 30.0. The average molecular weight is 1110 g/mol. The summed E-state index contributed by atoms with van der Waals surface area (Å²) in [5.41, 5.74) is 22.6. The quantitative estimate of drug-likeness (QED) is 0.0128. The lowest BCUT2D eigenvalue weighted by atomic mass is 9.94. The van der Waals surface area contributed by atoms with Crippen molar-refractivity contribution in [3.05, 3.63) is 4.91 Å². The van der Waals surface area contributed by atoms with Crippen LogP contribution in [0.15, 0.2) is 4.99 Å². The van der Waals surface area contributed by atoms with Crippen molar-refractivity contribution in [1.82, 2.24) is 36.8 Å². The molecule has 22 heteroatoms. The van der Waals surface area contributed by atoms with E-state index in [9.17, 15) is 38.5 Å². The van der Waals surface area contributed by atoms with Crippen molar-refractivity contribution in [3.8, 4) is 0 Å². The Morgan fingerprint density at radius 1 is 0.487 bits per heavy atom. The molecule has 0 bridgehead atoms. The van der Waals surface area contributed by atoms with E-state index in [0.29, 0.717) is 45.1 Å². The Hall–Kier alpha value is -5.50. The van der Waals surface area contributed by atoms with E-state index in [1.54, 1.807) is 0 Å². The van der Waals surface area contributed by atoms with E-state index in [1.165, 1.54) is 0 Å². The lowest BCUT2D eigenvalue weighted by Crippen LogP contribution is -2.59. The van der Waals surface area contributed by atoms with E-state index in [4.69, 9.17) is 32.4 Å². The van der Waals surface area contributed by atoms with Crippen molar-refractivity contribution < 1.29 is 43.0 Å². The molecule has 1 fully saturated rings. The number of nitroso groups, excluding NO2 is 1. The molecule has 0 aromatic rings. The van der Waals surface area contributed by atoms with Crippen LogP contribution in [-0.4, -0.2) is 116 Å². The van der Waals surface area contributed by atoms with Gasteiger partial charge < -0.3 is 53.3 Å². The molecule has 0 aromatic heterocycles. The number of hydrogen-bond donors (Lipinski definition) is 10. The van der Waals surface area contributed by atoms with Gasteiger partial charge in [-0.2, -0.15) is 0 Å². The Balaban J connectivity index is 3.88. The topological polar surface area (TPSA) is 358 Å². The van der Waals surface area contributed by atoms with Crippen molar-refractivity contribution in [2.45, 2.75) is 257 Å². The van der Waals surface area contributed by atoms with Crippen LogP contribution in [0, 0.1) is 16.7 Å². The van der Waals surface area contributed by atoms with Crippen molar-refractivity contribution in [2.24, 2.45) is 39.8 Å². The maximum atomic E-state index is 14.6. The van der Waals surface area contributed by atoms with Crippen LogP contribution in [0.5, 0.6) is 0 Å². The number of nitrogens with one attached hydrogen (secondary N) is 6. The minimum absolute atomic E-state index is 0.0214. The van der Waals surface area contributed by atoms with Crippen molar-refractivity contribution >= 4 is 53.4 Å². The van der Waals surface area contributed by atoms with Crippen LogP contribution in [-0.2, 0) is 43.0 Å². The number of hydrogen-bond acceptors (Lipinski definition) is 12. The minimum Gasteiger partial charge on any atom is -0.463 e. The summed E-state index contributed by atoms with van der Waals surface area (Å²) in [5.74, 6) is -6.69. The second-order valence-corrected chi connectivity index (χ2v) is 21.1. The van der Waals surface area contributed by atoms with Crippen molar-refractivity contribution in [3.63, 3.8) is 0 Å². The Morgan fingerprint density at radius 3 is 1.19 bits per heavy atom. The third-order valence-electron chi connectivity index (χ3n) is 14.2. The van der Waals surface area contributed by atoms with Crippen LogP contribution >= 0.6 is 0 Å². The second-order valence-electron chi connectivity index (χ2n) is 21.1. The molecular formula is C56H105N12O10+. The normalized spacial score (nSPS) is 19.0. The number of aliphatic imine (C=N–C) groups is 1. The van der Waals surface area contributed by atoms with E-state index in [1.807, 2.05) is 0 Å². The summed E-state index contributed by atoms with van der Waals surface area (Å²) < 4.78 is 11.8. The Kier molecular flexibility index (Phi) is 41.0. The zero-order valence-electron chi connectivity index (χ0n) is 48.3. The first-order valence-corrected chi connectivity index (χ1v) is 30.0. The molecule has 5 amide bonds. The summed E-state index contributed by atoms with van der Waals surface area (Å²) >= 11 is 0. The summed E-state index contributed by atoms with van der Waals surface area (Å²) in [6.07, 6.45) is 23.6. The smallest absolute Gasteiger partial charge is 0.463 e. The standard InChI is InChI=1S/C56H104N12O10/c1-5-9-13-17-19-23-31-41(29-21-15-11-7-3)53(74)77-39-46-52(73)65-45(35-28-38-62-56(60)68-76)50(71)67-47(40-78-54(75)42(30-22-16-12-8-4)32-24-20-18-14-10-6-2)51(72)64-44(34-27-37-61-55(58)59)48(69)63-43(49(70)66-46)33-25-26-36-57/h41-47H,5-40,57H2,1-4H3,(H11,58,59,60,61,62,63,64,65,66,67,69,70,71,72,73)/p+1/t41?,42?,43-,44-,45-,46-,47-/m0/s1. The minimum atomic E-state index is -1.58. The van der Waals surface area contributed by atoms with Crippen LogP contribution in [0.1, 0.15) is 227 Å². The highest BCUT2D eigenvalue weighted by Crippen LogP contribution is 2.23. The Labute approximate surface area is 466 Å². The van der Waals surface area contributed by atoms with Gasteiger partial charge in [0.25, 0.3) is 0 Å². The molecule has 0 aliphatic carbocycles. The van der Waals surface area contributed by atoms with Gasteiger partial charge in [0.05, 0.1) is 18.4 Å². The van der Waals surface area contributed by atoms with Gasteiger partial charge in [-0.15, -0.1) is 0 Å². The lowest BCUT2D eigenvalue weighted by molar-refractivity contribution is -0.152. The van der Waals surface area contributed by atoms with Gasteiger partial charge in [-0.25, -0.2) is 0 Å². The van der Waals surface area contributed by atoms with Gasteiger partial charge in [0, 0.05) is 16.3 Å². The summed E-state index contributed by atoms with van der Waals surface area (Å²) in [5, 5.41) is 16.2. The highest BCUT2D eigenvalue weighted by Gasteiger charge is 2.36. The van der Waals surface area contributed by atoms with Gasteiger partial charge in [-0.1, -0.05) is 156 Å². The molecule has 1 aliphatic rings. The maximum absolute atomic E-state index is 14.6. The fourth-order valence-corrected chi connectivity index (χ4v) is 9.39. The van der Waals surface area contributed by atoms with Crippen molar-refractivity contribution in [1.29, 1.82) is 0 Å². The molecule has 0 aromatic carbocycles. The Morgan fingerprint density at radius 2 is 0.821 bits per heavy atom. The molecular weight excluding hydrogens is 1000 g/mol. The number of nitrogens with zero attached hydrogens (tertiary/aromatic N) is 2. The number of carbonyl (C=O) groups excluding carboxylic acids is 7. The molecule has 0 saturated carbocycles. The number of ether oxygens (including phenoxy) is 2. The molecule has 14 N–H and O–H groups in total. The van der Waals surface area contributed by atoms with Crippen LogP contribution in [0.2, 0.25) is 0 Å². The maximum Gasteiger partial charge on any atom is 0.485 e. The van der Waals surface area contributed by atoms with E-state index in [0.717, 1.165) is 128 Å². The van der Waals surface area contributed by atoms with Gasteiger partial charge in [0.2, 0.25) is 29.5 Å². The van der Waals surface area contributed by atoms with Gasteiger partial charge in [0.1, 0.15) is 43.4 Å². The van der Waals surface area contributed by atoms with Gasteiger partial charge in [-0.05, 0) is 77.2 Å². The number of carbonyl (C=O) groups is 7. The molecule has 0 radical (unpaired) electrons.